The molecule has 0 spiro atoms. The maximum absolute atomic E-state index is 10.8. The highest BCUT2D eigenvalue weighted by Gasteiger charge is 2.29. The molecule has 2 heterocycles. The van der Waals surface area contributed by atoms with Crippen LogP contribution in [0, 0.1) is 10.1 Å². The number of non-ortho nitro benzene ring substituents is 1. The molecule has 0 saturated carbocycles. The third-order valence-corrected chi connectivity index (χ3v) is 5.26. The standard InChI is InChI=1S/C20H19ClN4O4/c1-13(24-10-11-28-18(12-24)14-2-6-16(21)7-3-14)19-22-23-20(29-19)15-4-8-17(9-5-15)25(26)27/h2-9,13,18H,10-12H2,1H3/t13-,18+/m1/s1. The number of morpholine rings is 1. The topological polar surface area (TPSA) is 94.5 Å². The minimum absolute atomic E-state index is 0.0171. The summed E-state index contributed by atoms with van der Waals surface area (Å²) in [4.78, 5) is 12.6. The Hall–Kier alpha value is -2.81. The average Bonchev–Trinajstić information content (AvgIpc) is 3.24. The van der Waals surface area contributed by atoms with E-state index in [1.54, 1.807) is 12.1 Å². The molecule has 2 atom stereocenters. The van der Waals surface area contributed by atoms with Gasteiger partial charge in [-0.25, -0.2) is 0 Å². The molecule has 0 aliphatic carbocycles. The van der Waals surface area contributed by atoms with Crippen LogP contribution in [0.5, 0.6) is 0 Å². The van der Waals surface area contributed by atoms with Crippen LogP contribution in [0.1, 0.15) is 30.5 Å². The molecule has 0 bridgehead atoms. The van der Waals surface area contributed by atoms with Crippen LogP contribution >= 0.6 is 11.6 Å². The van der Waals surface area contributed by atoms with Crippen molar-refractivity contribution in [2.24, 2.45) is 0 Å². The van der Waals surface area contributed by atoms with Gasteiger partial charge in [-0.2, -0.15) is 0 Å². The van der Waals surface area contributed by atoms with Gasteiger partial charge in [-0.1, -0.05) is 23.7 Å². The molecule has 1 aliphatic rings. The summed E-state index contributed by atoms with van der Waals surface area (Å²) in [7, 11) is 0. The Morgan fingerprint density at radius 2 is 1.90 bits per heavy atom. The SMILES string of the molecule is C[C@H](c1nnc(-c2ccc([N+](=O)[O-])cc2)o1)N1CCO[C@H](c2ccc(Cl)cc2)C1. The Morgan fingerprint density at radius 1 is 1.17 bits per heavy atom. The molecular formula is C20H19ClN4O4. The maximum atomic E-state index is 10.8. The smallest absolute Gasteiger partial charge is 0.269 e. The van der Waals surface area contributed by atoms with Crippen LogP contribution in [-0.2, 0) is 4.74 Å². The molecule has 1 saturated heterocycles. The number of rotatable bonds is 5. The predicted molar refractivity (Wildman–Crippen MR) is 107 cm³/mol. The zero-order valence-corrected chi connectivity index (χ0v) is 16.5. The van der Waals surface area contributed by atoms with Crippen molar-refractivity contribution in [1.82, 2.24) is 15.1 Å². The molecule has 0 unspecified atom stereocenters. The number of aromatic nitrogens is 2. The molecule has 1 fully saturated rings. The van der Waals surface area contributed by atoms with Crippen LogP contribution in [0.4, 0.5) is 5.69 Å². The Balaban J connectivity index is 1.47. The highest BCUT2D eigenvalue weighted by atomic mass is 35.5. The molecule has 3 aromatic rings. The van der Waals surface area contributed by atoms with E-state index in [9.17, 15) is 10.1 Å². The summed E-state index contributed by atoms with van der Waals surface area (Å²) in [6.45, 7) is 4.05. The average molecular weight is 415 g/mol. The monoisotopic (exact) mass is 414 g/mol. The second-order valence-corrected chi connectivity index (χ2v) is 7.27. The first-order valence-corrected chi connectivity index (χ1v) is 9.58. The zero-order valence-electron chi connectivity index (χ0n) is 15.7. The Kier molecular flexibility index (Phi) is 5.57. The number of benzene rings is 2. The molecule has 29 heavy (non-hydrogen) atoms. The quantitative estimate of drug-likeness (QED) is 0.450. The second-order valence-electron chi connectivity index (χ2n) is 6.83. The van der Waals surface area contributed by atoms with E-state index in [-0.39, 0.29) is 17.8 Å². The molecule has 1 aliphatic heterocycles. The second kappa shape index (κ2) is 8.28. The molecule has 8 nitrogen and oxygen atoms in total. The largest absolute Gasteiger partial charge is 0.419 e. The van der Waals surface area contributed by atoms with Crippen molar-refractivity contribution in [1.29, 1.82) is 0 Å². The minimum Gasteiger partial charge on any atom is -0.419 e. The van der Waals surface area contributed by atoms with Crippen molar-refractivity contribution in [3.63, 3.8) is 0 Å². The first kappa shape index (κ1) is 19.5. The van der Waals surface area contributed by atoms with Gasteiger partial charge in [0.25, 0.3) is 5.69 Å². The van der Waals surface area contributed by atoms with Crippen molar-refractivity contribution in [2.45, 2.75) is 19.1 Å². The fraction of sp³-hybridized carbons (Fsp3) is 0.300. The zero-order chi connectivity index (χ0) is 20.4. The van der Waals surface area contributed by atoms with Gasteiger partial charge in [0.15, 0.2) is 0 Å². The molecule has 2 aromatic carbocycles. The normalized spacial score (nSPS) is 18.5. The van der Waals surface area contributed by atoms with Crippen molar-refractivity contribution in [3.8, 4) is 11.5 Å². The van der Waals surface area contributed by atoms with Gasteiger partial charge in [-0.3, -0.25) is 15.0 Å². The highest BCUT2D eigenvalue weighted by Crippen LogP contribution is 2.30. The highest BCUT2D eigenvalue weighted by molar-refractivity contribution is 6.30. The molecule has 0 N–H and O–H groups in total. The Labute approximate surface area is 172 Å². The Bertz CT molecular complexity index is 990. The van der Waals surface area contributed by atoms with Gasteiger partial charge < -0.3 is 9.15 Å². The number of nitro groups is 1. The van der Waals surface area contributed by atoms with Gasteiger partial charge in [0.1, 0.15) is 0 Å². The molecule has 9 heteroatoms. The lowest BCUT2D eigenvalue weighted by atomic mass is 10.1. The van der Waals surface area contributed by atoms with Gasteiger partial charge in [0.2, 0.25) is 11.8 Å². The summed E-state index contributed by atoms with van der Waals surface area (Å²) in [6, 6.07) is 13.6. The van der Waals surface area contributed by atoms with E-state index in [1.807, 2.05) is 31.2 Å². The van der Waals surface area contributed by atoms with E-state index in [4.69, 9.17) is 20.8 Å². The van der Waals surface area contributed by atoms with E-state index < -0.39 is 4.92 Å². The lowest BCUT2D eigenvalue weighted by molar-refractivity contribution is -0.384. The van der Waals surface area contributed by atoms with E-state index in [0.29, 0.717) is 35.5 Å². The van der Waals surface area contributed by atoms with Crippen LogP contribution < -0.4 is 0 Å². The first-order chi connectivity index (χ1) is 14.0. The summed E-state index contributed by atoms with van der Waals surface area (Å²) in [5.41, 5.74) is 1.73. The van der Waals surface area contributed by atoms with E-state index in [1.165, 1.54) is 12.1 Å². The van der Waals surface area contributed by atoms with Crippen LogP contribution in [0.15, 0.2) is 52.9 Å². The summed E-state index contributed by atoms with van der Waals surface area (Å²) in [5, 5.41) is 19.8. The molecule has 4 rings (SSSR count). The third kappa shape index (κ3) is 4.29. The van der Waals surface area contributed by atoms with Crippen LogP contribution in [-0.4, -0.2) is 39.7 Å². The lowest BCUT2D eigenvalue weighted by Crippen LogP contribution is -2.40. The molecule has 1 aromatic heterocycles. The number of ether oxygens (including phenoxy) is 1. The van der Waals surface area contributed by atoms with Gasteiger partial charge in [0.05, 0.1) is 23.7 Å². The first-order valence-electron chi connectivity index (χ1n) is 9.20. The van der Waals surface area contributed by atoms with Gasteiger partial charge in [-0.05, 0) is 36.8 Å². The Morgan fingerprint density at radius 3 is 2.59 bits per heavy atom. The van der Waals surface area contributed by atoms with E-state index in [2.05, 4.69) is 15.1 Å². The summed E-state index contributed by atoms with van der Waals surface area (Å²) in [6.07, 6.45) is -0.0551. The molecular weight excluding hydrogens is 396 g/mol. The minimum atomic E-state index is -0.444. The van der Waals surface area contributed by atoms with Crippen LogP contribution in [0.25, 0.3) is 11.5 Å². The number of nitro benzene ring substituents is 1. The number of halogens is 1. The van der Waals surface area contributed by atoms with Crippen molar-refractivity contribution in [2.75, 3.05) is 19.7 Å². The summed E-state index contributed by atoms with van der Waals surface area (Å²) in [5.74, 6) is 0.833. The predicted octanol–water partition coefficient (Wildman–Crippen LogP) is 4.43. The van der Waals surface area contributed by atoms with Crippen molar-refractivity contribution in [3.05, 3.63) is 75.1 Å². The lowest BCUT2D eigenvalue weighted by Gasteiger charge is -2.35. The number of hydrogen-bond acceptors (Lipinski definition) is 7. The van der Waals surface area contributed by atoms with Gasteiger partial charge >= 0.3 is 0 Å². The number of nitrogens with zero attached hydrogens (tertiary/aromatic N) is 4. The van der Waals surface area contributed by atoms with Crippen molar-refractivity contribution >= 4 is 17.3 Å². The number of hydrogen-bond donors (Lipinski definition) is 0. The summed E-state index contributed by atoms with van der Waals surface area (Å²) < 4.78 is 11.8. The third-order valence-electron chi connectivity index (χ3n) is 5.01. The van der Waals surface area contributed by atoms with Gasteiger partial charge in [0, 0.05) is 35.8 Å². The van der Waals surface area contributed by atoms with Crippen molar-refractivity contribution < 1.29 is 14.1 Å². The van der Waals surface area contributed by atoms with Crippen LogP contribution in [0.3, 0.4) is 0 Å². The maximum Gasteiger partial charge on any atom is 0.269 e. The van der Waals surface area contributed by atoms with E-state index in [0.717, 1.165) is 12.1 Å². The molecule has 0 amide bonds. The van der Waals surface area contributed by atoms with E-state index >= 15 is 0 Å². The van der Waals surface area contributed by atoms with Gasteiger partial charge in [-0.15, -0.1) is 10.2 Å². The fourth-order valence-corrected chi connectivity index (χ4v) is 3.43. The molecule has 150 valence electrons. The summed E-state index contributed by atoms with van der Waals surface area (Å²) >= 11 is 5.97. The fourth-order valence-electron chi connectivity index (χ4n) is 3.30. The van der Waals surface area contributed by atoms with Crippen LogP contribution in [0.2, 0.25) is 5.02 Å². The molecule has 0 radical (unpaired) electrons.